The molecule has 1 fully saturated rings. The molecule has 2 aromatic carbocycles. The summed E-state index contributed by atoms with van der Waals surface area (Å²) >= 11 is 12.8. The van der Waals surface area contributed by atoms with Gasteiger partial charge in [0, 0.05) is 45.3 Å². The fourth-order valence-corrected chi connectivity index (χ4v) is 4.31. The van der Waals surface area contributed by atoms with Crippen LogP contribution < -0.4 is 0 Å². The number of rotatable bonds is 3. The fourth-order valence-electron chi connectivity index (χ4n) is 3.79. The molecule has 0 radical (unpaired) electrons. The second-order valence-electron chi connectivity index (χ2n) is 6.47. The first-order valence-electron chi connectivity index (χ1n) is 8.47. The van der Waals surface area contributed by atoms with Crippen molar-refractivity contribution in [3.8, 4) is 0 Å². The molecule has 1 aliphatic rings. The van der Waals surface area contributed by atoms with Crippen LogP contribution in [0, 0.1) is 0 Å². The molecule has 1 unspecified atom stereocenters. The van der Waals surface area contributed by atoms with Crippen LogP contribution in [-0.2, 0) is 6.54 Å². The number of halogens is 2. The highest BCUT2D eigenvalue weighted by Crippen LogP contribution is 2.37. The Morgan fingerprint density at radius 3 is 2.62 bits per heavy atom. The van der Waals surface area contributed by atoms with E-state index in [0.29, 0.717) is 6.04 Å². The molecule has 1 N–H and O–H groups in total. The first-order valence-corrected chi connectivity index (χ1v) is 9.22. The number of hydrogen-bond acceptors (Lipinski definition) is 1. The van der Waals surface area contributed by atoms with Crippen molar-refractivity contribution in [2.24, 2.45) is 0 Å². The number of para-hydroxylation sites is 1. The molecule has 3 aromatic rings. The van der Waals surface area contributed by atoms with Gasteiger partial charge in [-0.05, 0) is 43.1 Å². The van der Waals surface area contributed by atoms with E-state index in [4.69, 9.17) is 23.2 Å². The third kappa shape index (κ3) is 2.95. The number of fused-ring (bicyclic) bond motifs is 1. The van der Waals surface area contributed by atoms with Crippen molar-refractivity contribution in [2.45, 2.75) is 31.8 Å². The fraction of sp³-hybridized carbons (Fsp3) is 0.300. The van der Waals surface area contributed by atoms with Crippen molar-refractivity contribution in [2.75, 3.05) is 6.54 Å². The van der Waals surface area contributed by atoms with E-state index < -0.39 is 0 Å². The zero-order valence-electron chi connectivity index (χ0n) is 13.4. The molecule has 1 saturated heterocycles. The summed E-state index contributed by atoms with van der Waals surface area (Å²) in [6, 6.07) is 14.7. The number of benzene rings is 2. The number of likely N-dealkylation sites (tertiary alicyclic amines) is 1. The van der Waals surface area contributed by atoms with Gasteiger partial charge in [0.15, 0.2) is 0 Å². The summed E-state index contributed by atoms with van der Waals surface area (Å²) < 4.78 is 0. The lowest BCUT2D eigenvalue weighted by Crippen LogP contribution is -2.33. The third-order valence-electron chi connectivity index (χ3n) is 5.02. The highest BCUT2D eigenvalue weighted by molar-refractivity contribution is 6.35. The molecule has 4 rings (SSSR count). The highest BCUT2D eigenvalue weighted by atomic mass is 35.5. The van der Waals surface area contributed by atoms with E-state index in [-0.39, 0.29) is 0 Å². The van der Waals surface area contributed by atoms with E-state index >= 15 is 0 Å². The smallest absolute Gasteiger partial charge is 0.0465 e. The van der Waals surface area contributed by atoms with Crippen LogP contribution in [0.15, 0.2) is 48.7 Å². The normalized spacial score (nSPS) is 19.0. The SMILES string of the molecule is Clc1cccc(Cl)c1CN1CCCCC1c1c[nH]c2ccccc12. The van der Waals surface area contributed by atoms with Crippen LogP contribution in [0.3, 0.4) is 0 Å². The molecule has 0 bridgehead atoms. The number of nitrogens with one attached hydrogen (secondary N) is 1. The summed E-state index contributed by atoms with van der Waals surface area (Å²) in [6.45, 7) is 1.87. The molecule has 0 saturated carbocycles. The standard InChI is InChI=1S/C20H20Cl2N2/c21-17-7-5-8-18(22)16(17)13-24-11-4-3-10-20(24)15-12-23-19-9-2-1-6-14(15)19/h1-2,5-9,12,20,23H,3-4,10-11,13H2. The van der Waals surface area contributed by atoms with E-state index in [1.165, 1.54) is 35.7 Å². The van der Waals surface area contributed by atoms with Gasteiger partial charge in [0.2, 0.25) is 0 Å². The van der Waals surface area contributed by atoms with Crippen LogP contribution in [0.1, 0.15) is 36.4 Å². The molecule has 0 spiro atoms. The summed E-state index contributed by atoms with van der Waals surface area (Å²) in [6.07, 6.45) is 5.82. The van der Waals surface area contributed by atoms with Crippen molar-refractivity contribution in [3.05, 3.63) is 69.8 Å². The second kappa shape index (κ2) is 6.79. The Morgan fingerprint density at radius 2 is 1.79 bits per heavy atom. The largest absolute Gasteiger partial charge is 0.361 e. The van der Waals surface area contributed by atoms with Crippen molar-refractivity contribution < 1.29 is 0 Å². The number of nitrogens with zero attached hydrogens (tertiary/aromatic N) is 1. The molecule has 0 aliphatic carbocycles. The van der Waals surface area contributed by atoms with Crippen LogP contribution in [0.4, 0.5) is 0 Å². The van der Waals surface area contributed by atoms with Crippen molar-refractivity contribution >= 4 is 34.1 Å². The van der Waals surface area contributed by atoms with E-state index in [1.807, 2.05) is 18.2 Å². The number of H-pyrrole nitrogens is 1. The van der Waals surface area contributed by atoms with Gasteiger partial charge < -0.3 is 4.98 Å². The van der Waals surface area contributed by atoms with Gasteiger partial charge in [-0.25, -0.2) is 0 Å². The quantitative estimate of drug-likeness (QED) is 0.590. The number of piperidine rings is 1. The molecule has 1 atom stereocenters. The molecule has 24 heavy (non-hydrogen) atoms. The molecule has 4 heteroatoms. The molecule has 1 aliphatic heterocycles. The Hall–Kier alpha value is -1.48. The van der Waals surface area contributed by atoms with Crippen LogP contribution in [-0.4, -0.2) is 16.4 Å². The Labute approximate surface area is 152 Å². The molecular weight excluding hydrogens is 339 g/mol. The second-order valence-corrected chi connectivity index (χ2v) is 7.29. The Kier molecular flexibility index (Phi) is 4.53. The maximum atomic E-state index is 6.40. The zero-order valence-corrected chi connectivity index (χ0v) is 14.9. The molecule has 2 heterocycles. The highest BCUT2D eigenvalue weighted by Gasteiger charge is 2.27. The van der Waals surface area contributed by atoms with E-state index in [9.17, 15) is 0 Å². The lowest BCUT2D eigenvalue weighted by molar-refractivity contribution is 0.141. The summed E-state index contributed by atoms with van der Waals surface area (Å²) in [5.41, 5.74) is 3.62. The summed E-state index contributed by atoms with van der Waals surface area (Å²) in [5, 5.41) is 2.83. The topological polar surface area (TPSA) is 19.0 Å². The molecular formula is C20H20Cl2N2. The number of aromatic amines is 1. The van der Waals surface area contributed by atoms with Gasteiger partial charge in [-0.1, -0.05) is 53.9 Å². The number of aromatic nitrogens is 1. The summed E-state index contributed by atoms with van der Waals surface area (Å²) in [4.78, 5) is 5.93. The van der Waals surface area contributed by atoms with Crippen molar-refractivity contribution in [1.82, 2.24) is 9.88 Å². The van der Waals surface area contributed by atoms with Gasteiger partial charge in [0.05, 0.1) is 0 Å². The predicted molar refractivity (Wildman–Crippen MR) is 102 cm³/mol. The first kappa shape index (κ1) is 16.0. The van der Waals surface area contributed by atoms with Gasteiger partial charge in [-0.3, -0.25) is 4.90 Å². The third-order valence-corrected chi connectivity index (χ3v) is 5.73. The minimum atomic E-state index is 0.405. The van der Waals surface area contributed by atoms with Gasteiger partial charge in [-0.15, -0.1) is 0 Å². The first-order chi connectivity index (χ1) is 11.7. The predicted octanol–water partition coefficient (Wildman–Crippen LogP) is 6.20. The molecule has 2 nitrogen and oxygen atoms in total. The summed E-state index contributed by atoms with van der Waals surface area (Å²) in [5.74, 6) is 0. The lowest BCUT2D eigenvalue weighted by Gasteiger charge is -2.36. The Balaban J connectivity index is 1.69. The van der Waals surface area contributed by atoms with E-state index in [1.54, 1.807) is 0 Å². The monoisotopic (exact) mass is 358 g/mol. The van der Waals surface area contributed by atoms with Crippen LogP contribution >= 0.6 is 23.2 Å². The van der Waals surface area contributed by atoms with E-state index in [0.717, 1.165) is 28.7 Å². The molecule has 0 amide bonds. The van der Waals surface area contributed by atoms with Crippen LogP contribution in [0.5, 0.6) is 0 Å². The zero-order chi connectivity index (χ0) is 16.5. The molecule has 1 aromatic heterocycles. The van der Waals surface area contributed by atoms with Gasteiger partial charge >= 0.3 is 0 Å². The van der Waals surface area contributed by atoms with Gasteiger partial charge in [0.25, 0.3) is 0 Å². The van der Waals surface area contributed by atoms with Gasteiger partial charge in [0.1, 0.15) is 0 Å². The maximum Gasteiger partial charge on any atom is 0.0465 e. The Morgan fingerprint density at radius 1 is 1.00 bits per heavy atom. The lowest BCUT2D eigenvalue weighted by atomic mass is 9.94. The summed E-state index contributed by atoms with van der Waals surface area (Å²) in [7, 11) is 0. The van der Waals surface area contributed by atoms with Crippen molar-refractivity contribution in [3.63, 3.8) is 0 Å². The minimum absolute atomic E-state index is 0.405. The Bertz CT molecular complexity index is 835. The average molecular weight is 359 g/mol. The number of hydrogen-bond donors (Lipinski definition) is 1. The van der Waals surface area contributed by atoms with Crippen LogP contribution in [0.25, 0.3) is 10.9 Å². The average Bonchev–Trinajstić information content (AvgIpc) is 3.03. The van der Waals surface area contributed by atoms with E-state index in [2.05, 4.69) is 40.3 Å². The van der Waals surface area contributed by atoms with Crippen LogP contribution in [0.2, 0.25) is 10.0 Å². The van der Waals surface area contributed by atoms with Crippen molar-refractivity contribution in [1.29, 1.82) is 0 Å². The minimum Gasteiger partial charge on any atom is -0.361 e. The van der Waals surface area contributed by atoms with Gasteiger partial charge in [-0.2, -0.15) is 0 Å². The maximum absolute atomic E-state index is 6.40. The molecule has 124 valence electrons.